The maximum Gasteiger partial charge on any atom is 0.257 e. The van der Waals surface area contributed by atoms with Gasteiger partial charge in [-0.05, 0) is 43.2 Å². The van der Waals surface area contributed by atoms with Gasteiger partial charge < -0.3 is 14.8 Å². The van der Waals surface area contributed by atoms with Crippen molar-refractivity contribution in [2.24, 2.45) is 7.05 Å². The van der Waals surface area contributed by atoms with Gasteiger partial charge in [0.15, 0.2) is 0 Å². The molecule has 1 saturated heterocycles. The summed E-state index contributed by atoms with van der Waals surface area (Å²) < 4.78 is 1.95. The monoisotopic (exact) mass is 375 g/mol. The lowest BCUT2D eigenvalue weighted by Crippen LogP contribution is -2.31. The summed E-state index contributed by atoms with van der Waals surface area (Å²) in [5.41, 5.74) is 3.02. The molecule has 4 rings (SSSR count). The van der Waals surface area contributed by atoms with Gasteiger partial charge in [-0.25, -0.2) is 0 Å². The fraction of sp³-hybridized carbons (Fsp3) is 0.304. The van der Waals surface area contributed by atoms with Crippen LogP contribution in [-0.2, 0) is 7.05 Å². The third kappa shape index (κ3) is 3.65. The second kappa shape index (κ2) is 7.89. The van der Waals surface area contributed by atoms with Crippen molar-refractivity contribution < 1.29 is 9.59 Å². The molecule has 0 unspecified atom stereocenters. The average molecular weight is 375 g/mol. The van der Waals surface area contributed by atoms with Gasteiger partial charge in [0.2, 0.25) is 0 Å². The minimum Gasteiger partial charge on any atom is -0.350 e. The van der Waals surface area contributed by atoms with Gasteiger partial charge in [0.25, 0.3) is 11.8 Å². The summed E-state index contributed by atoms with van der Waals surface area (Å²) in [5.74, 6) is -0.0720. The smallest absolute Gasteiger partial charge is 0.257 e. The van der Waals surface area contributed by atoms with E-state index in [1.54, 1.807) is 24.3 Å². The van der Waals surface area contributed by atoms with Gasteiger partial charge in [0.1, 0.15) is 0 Å². The molecule has 1 aliphatic rings. The zero-order valence-corrected chi connectivity index (χ0v) is 16.1. The number of amides is 2. The maximum atomic E-state index is 12.7. The number of nitrogens with one attached hydrogen (secondary N) is 1. The molecule has 1 aliphatic heterocycles. The number of aromatic nitrogens is 1. The third-order valence-electron chi connectivity index (χ3n) is 5.42. The summed E-state index contributed by atoms with van der Waals surface area (Å²) in [6, 6.07) is 15.0. The van der Waals surface area contributed by atoms with E-state index in [2.05, 4.69) is 5.32 Å². The van der Waals surface area contributed by atoms with E-state index < -0.39 is 0 Å². The average Bonchev–Trinajstić information content (AvgIpc) is 2.88. The molecular formula is C23H25N3O2. The number of likely N-dealkylation sites (tertiary alicyclic amines) is 1. The van der Waals surface area contributed by atoms with Crippen LogP contribution in [0.25, 0.3) is 10.9 Å². The van der Waals surface area contributed by atoms with E-state index in [1.807, 2.05) is 47.0 Å². The number of nitrogens with zero attached hydrogens (tertiary/aromatic N) is 2. The fourth-order valence-corrected chi connectivity index (χ4v) is 3.87. The summed E-state index contributed by atoms with van der Waals surface area (Å²) >= 11 is 0. The highest BCUT2D eigenvalue weighted by molar-refractivity contribution is 6.13. The standard InChI is InChI=1S/C23H25N3O2/c1-25-16-20(19-8-4-5-9-21(19)25)22(27)24-18-12-10-17(11-13-18)23(28)26-14-6-2-3-7-15-26/h4-5,8-13,16H,2-3,6-7,14-15H2,1H3,(H,24,27). The molecule has 0 bridgehead atoms. The van der Waals surface area contributed by atoms with Crippen LogP contribution >= 0.6 is 0 Å². The lowest BCUT2D eigenvalue weighted by molar-refractivity contribution is 0.0761. The van der Waals surface area contributed by atoms with Gasteiger partial charge in [-0.15, -0.1) is 0 Å². The van der Waals surface area contributed by atoms with Crippen LogP contribution in [0, 0.1) is 0 Å². The first-order chi connectivity index (χ1) is 13.6. The largest absolute Gasteiger partial charge is 0.350 e. The summed E-state index contributed by atoms with van der Waals surface area (Å²) in [7, 11) is 1.93. The number of hydrogen-bond acceptors (Lipinski definition) is 2. The van der Waals surface area contributed by atoms with Crippen LogP contribution in [0.2, 0.25) is 0 Å². The Morgan fingerprint density at radius 3 is 2.29 bits per heavy atom. The number of benzene rings is 2. The van der Waals surface area contributed by atoms with E-state index in [4.69, 9.17) is 0 Å². The first kappa shape index (κ1) is 18.3. The number of para-hydroxylation sites is 1. The number of aryl methyl sites for hydroxylation is 1. The van der Waals surface area contributed by atoms with Crippen LogP contribution in [0.4, 0.5) is 5.69 Å². The number of carbonyl (C=O) groups is 2. The van der Waals surface area contributed by atoms with Crippen molar-refractivity contribution in [1.82, 2.24) is 9.47 Å². The Labute approximate surface area is 165 Å². The number of fused-ring (bicyclic) bond motifs is 1. The normalized spacial score (nSPS) is 14.7. The lowest BCUT2D eigenvalue weighted by Gasteiger charge is -2.20. The molecular weight excluding hydrogens is 350 g/mol. The minimum atomic E-state index is -0.150. The molecule has 0 atom stereocenters. The highest BCUT2D eigenvalue weighted by Gasteiger charge is 2.18. The van der Waals surface area contributed by atoms with E-state index in [1.165, 1.54) is 12.8 Å². The Hall–Kier alpha value is -3.08. The van der Waals surface area contributed by atoms with Crippen molar-refractivity contribution in [3.63, 3.8) is 0 Å². The van der Waals surface area contributed by atoms with Gasteiger partial charge in [0, 0.05) is 48.5 Å². The number of rotatable bonds is 3. The minimum absolute atomic E-state index is 0.0776. The van der Waals surface area contributed by atoms with Crippen molar-refractivity contribution in [3.8, 4) is 0 Å². The highest BCUT2D eigenvalue weighted by atomic mass is 16.2. The molecule has 0 radical (unpaired) electrons. The van der Waals surface area contributed by atoms with Crippen LogP contribution in [0.5, 0.6) is 0 Å². The van der Waals surface area contributed by atoms with E-state index in [9.17, 15) is 9.59 Å². The summed E-state index contributed by atoms with van der Waals surface area (Å²) in [4.78, 5) is 27.4. The van der Waals surface area contributed by atoms with Crippen molar-refractivity contribution in [2.45, 2.75) is 25.7 Å². The molecule has 144 valence electrons. The first-order valence-corrected chi connectivity index (χ1v) is 9.88. The lowest BCUT2D eigenvalue weighted by atomic mass is 10.1. The zero-order valence-electron chi connectivity index (χ0n) is 16.1. The van der Waals surface area contributed by atoms with Crippen LogP contribution in [-0.4, -0.2) is 34.4 Å². The Morgan fingerprint density at radius 2 is 1.57 bits per heavy atom. The van der Waals surface area contributed by atoms with E-state index in [0.717, 1.165) is 36.8 Å². The van der Waals surface area contributed by atoms with Crippen LogP contribution in [0.1, 0.15) is 46.4 Å². The molecule has 0 spiro atoms. The molecule has 2 aromatic carbocycles. The Bertz CT molecular complexity index is 996. The van der Waals surface area contributed by atoms with Gasteiger partial charge in [0.05, 0.1) is 5.56 Å². The predicted molar refractivity (Wildman–Crippen MR) is 112 cm³/mol. The highest BCUT2D eigenvalue weighted by Crippen LogP contribution is 2.22. The molecule has 0 aliphatic carbocycles. The number of carbonyl (C=O) groups excluding carboxylic acids is 2. The second-order valence-electron chi connectivity index (χ2n) is 7.41. The molecule has 28 heavy (non-hydrogen) atoms. The number of hydrogen-bond donors (Lipinski definition) is 1. The molecule has 0 saturated carbocycles. The van der Waals surface area contributed by atoms with Gasteiger partial charge in [-0.1, -0.05) is 31.0 Å². The molecule has 1 fully saturated rings. The van der Waals surface area contributed by atoms with Crippen molar-refractivity contribution in [2.75, 3.05) is 18.4 Å². The molecule has 2 amide bonds. The van der Waals surface area contributed by atoms with Gasteiger partial charge in [-0.2, -0.15) is 0 Å². The van der Waals surface area contributed by atoms with Crippen molar-refractivity contribution >= 4 is 28.4 Å². The molecule has 5 heteroatoms. The van der Waals surface area contributed by atoms with Crippen LogP contribution in [0.15, 0.2) is 54.7 Å². The van der Waals surface area contributed by atoms with Gasteiger partial charge >= 0.3 is 0 Å². The molecule has 1 N–H and O–H groups in total. The Morgan fingerprint density at radius 1 is 0.893 bits per heavy atom. The quantitative estimate of drug-likeness (QED) is 0.735. The molecule has 1 aromatic heterocycles. The number of anilines is 1. The van der Waals surface area contributed by atoms with Crippen molar-refractivity contribution in [3.05, 3.63) is 65.9 Å². The van der Waals surface area contributed by atoms with E-state index in [0.29, 0.717) is 16.8 Å². The SMILES string of the molecule is Cn1cc(C(=O)Nc2ccc(C(=O)N3CCCCCC3)cc2)c2ccccc21. The fourth-order valence-electron chi connectivity index (χ4n) is 3.87. The predicted octanol–water partition coefficient (Wildman–Crippen LogP) is 4.45. The second-order valence-corrected chi connectivity index (χ2v) is 7.41. The summed E-state index contributed by atoms with van der Waals surface area (Å²) in [6.45, 7) is 1.66. The Kier molecular flexibility index (Phi) is 5.15. The van der Waals surface area contributed by atoms with E-state index in [-0.39, 0.29) is 11.8 Å². The zero-order chi connectivity index (χ0) is 19.5. The molecule has 3 aromatic rings. The van der Waals surface area contributed by atoms with Crippen LogP contribution < -0.4 is 5.32 Å². The maximum absolute atomic E-state index is 12.7. The van der Waals surface area contributed by atoms with Crippen LogP contribution in [0.3, 0.4) is 0 Å². The summed E-state index contributed by atoms with van der Waals surface area (Å²) in [6.07, 6.45) is 6.39. The topological polar surface area (TPSA) is 54.3 Å². The van der Waals surface area contributed by atoms with Crippen molar-refractivity contribution in [1.29, 1.82) is 0 Å². The third-order valence-corrected chi connectivity index (χ3v) is 5.42. The van der Waals surface area contributed by atoms with E-state index >= 15 is 0 Å². The molecule has 5 nitrogen and oxygen atoms in total. The first-order valence-electron chi connectivity index (χ1n) is 9.88. The van der Waals surface area contributed by atoms with Gasteiger partial charge in [-0.3, -0.25) is 9.59 Å². The summed E-state index contributed by atoms with van der Waals surface area (Å²) in [5, 5.41) is 3.87. The Balaban J connectivity index is 1.48. The molecule has 2 heterocycles.